The monoisotopic (exact) mass is 258 g/mol. The van der Waals surface area contributed by atoms with Gasteiger partial charge in [-0.25, -0.2) is 0 Å². The first-order chi connectivity index (χ1) is 8.65. The Balaban J connectivity index is 3.72. The minimum absolute atomic E-state index is 0.0740. The molecule has 0 heterocycles. The number of aliphatic hydroxyl groups is 1. The summed E-state index contributed by atoms with van der Waals surface area (Å²) in [5, 5.41) is 15.1. The molecule has 0 saturated heterocycles. The van der Waals surface area contributed by atoms with Crippen LogP contribution in [0.25, 0.3) is 0 Å². The number of amides is 1. The molecule has 2 unspecified atom stereocenters. The highest BCUT2D eigenvalue weighted by atomic mass is 16.3. The van der Waals surface area contributed by atoms with Crippen molar-refractivity contribution in [2.75, 3.05) is 19.7 Å². The van der Waals surface area contributed by atoms with Crippen LogP contribution in [0.1, 0.15) is 52.9 Å². The van der Waals surface area contributed by atoms with Gasteiger partial charge in [-0.3, -0.25) is 4.79 Å². The second kappa shape index (κ2) is 11.5. The zero-order valence-electron chi connectivity index (χ0n) is 12.2. The molecule has 0 aromatic rings. The van der Waals surface area contributed by atoms with E-state index >= 15 is 0 Å². The molecule has 0 aromatic carbocycles. The maximum atomic E-state index is 11.7. The van der Waals surface area contributed by atoms with Crippen molar-refractivity contribution < 1.29 is 9.90 Å². The van der Waals surface area contributed by atoms with Crippen molar-refractivity contribution in [3.05, 3.63) is 0 Å². The molecule has 0 rings (SSSR count). The van der Waals surface area contributed by atoms with E-state index in [2.05, 4.69) is 24.5 Å². The molecule has 0 aliphatic carbocycles. The molecule has 0 spiro atoms. The Labute approximate surface area is 112 Å². The second-order valence-corrected chi connectivity index (χ2v) is 4.91. The quantitative estimate of drug-likeness (QED) is 0.494. The first-order valence-corrected chi connectivity index (χ1v) is 7.27. The first kappa shape index (κ1) is 17.4. The van der Waals surface area contributed by atoms with Gasteiger partial charge in [0.25, 0.3) is 0 Å². The van der Waals surface area contributed by atoms with Gasteiger partial charge in [0.15, 0.2) is 0 Å². The summed E-state index contributed by atoms with van der Waals surface area (Å²) in [5.41, 5.74) is 0. The van der Waals surface area contributed by atoms with Crippen LogP contribution in [0.15, 0.2) is 0 Å². The molecule has 1 amide bonds. The number of nitrogens with one attached hydrogen (secondary N) is 2. The van der Waals surface area contributed by atoms with E-state index in [0.717, 1.165) is 38.8 Å². The predicted octanol–water partition coefficient (Wildman–Crippen LogP) is 1.68. The van der Waals surface area contributed by atoms with E-state index in [1.165, 1.54) is 6.42 Å². The van der Waals surface area contributed by atoms with E-state index in [-0.39, 0.29) is 18.6 Å². The molecular formula is C14H30N2O2. The fourth-order valence-corrected chi connectivity index (χ4v) is 1.81. The number of hydrogen-bond acceptors (Lipinski definition) is 3. The van der Waals surface area contributed by atoms with Crippen molar-refractivity contribution in [1.82, 2.24) is 10.6 Å². The first-order valence-electron chi connectivity index (χ1n) is 7.27. The van der Waals surface area contributed by atoms with Crippen molar-refractivity contribution in [3.63, 3.8) is 0 Å². The van der Waals surface area contributed by atoms with E-state index in [1.54, 1.807) is 0 Å². The SMILES string of the molecule is CCCCCNC(=O)C(C)NCC(CC)CCO. The highest BCUT2D eigenvalue weighted by Gasteiger charge is 2.13. The number of aliphatic hydroxyl groups excluding tert-OH is 1. The highest BCUT2D eigenvalue weighted by Crippen LogP contribution is 2.05. The zero-order chi connectivity index (χ0) is 13.8. The van der Waals surface area contributed by atoms with Crippen LogP contribution >= 0.6 is 0 Å². The average molecular weight is 258 g/mol. The Morgan fingerprint density at radius 2 is 2.00 bits per heavy atom. The fraction of sp³-hybridized carbons (Fsp3) is 0.929. The molecule has 2 atom stereocenters. The molecule has 108 valence electrons. The van der Waals surface area contributed by atoms with E-state index in [1.807, 2.05) is 6.92 Å². The Bertz CT molecular complexity index is 210. The molecule has 4 nitrogen and oxygen atoms in total. The molecule has 3 N–H and O–H groups in total. The summed E-state index contributed by atoms with van der Waals surface area (Å²) in [5.74, 6) is 0.523. The smallest absolute Gasteiger partial charge is 0.236 e. The normalized spacial score (nSPS) is 14.2. The van der Waals surface area contributed by atoms with Gasteiger partial charge in [0.05, 0.1) is 6.04 Å². The van der Waals surface area contributed by atoms with Gasteiger partial charge >= 0.3 is 0 Å². The van der Waals surface area contributed by atoms with Crippen LogP contribution in [-0.2, 0) is 4.79 Å². The van der Waals surface area contributed by atoms with E-state index in [4.69, 9.17) is 5.11 Å². The van der Waals surface area contributed by atoms with Gasteiger partial charge in [-0.15, -0.1) is 0 Å². The van der Waals surface area contributed by atoms with Crippen LogP contribution in [0.5, 0.6) is 0 Å². The van der Waals surface area contributed by atoms with Gasteiger partial charge in [-0.2, -0.15) is 0 Å². The number of hydrogen-bond donors (Lipinski definition) is 3. The van der Waals surface area contributed by atoms with Crippen LogP contribution in [0.2, 0.25) is 0 Å². The molecular weight excluding hydrogens is 228 g/mol. The molecule has 18 heavy (non-hydrogen) atoms. The molecule has 0 bridgehead atoms. The van der Waals surface area contributed by atoms with E-state index in [0.29, 0.717) is 5.92 Å². The topological polar surface area (TPSA) is 61.4 Å². The lowest BCUT2D eigenvalue weighted by Gasteiger charge is -2.18. The standard InChI is InChI=1S/C14H30N2O2/c1-4-6-7-9-15-14(18)12(3)16-11-13(5-2)8-10-17/h12-13,16-17H,4-11H2,1-3H3,(H,15,18). The lowest BCUT2D eigenvalue weighted by molar-refractivity contribution is -0.122. The van der Waals surface area contributed by atoms with Crippen LogP contribution in [0.3, 0.4) is 0 Å². The third kappa shape index (κ3) is 8.48. The summed E-state index contributed by atoms with van der Waals surface area (Å²) in [4.78, 5) is 11.7. The maximum Gasteiger partial charge on any atom is 0.236 e. The molecule has 0 aliphatic rings. The summed E-state index contributed by atoms with van der Waals surface area (Å²) < 4.78 is 0. The van der Waals surface area contributed by atoms with Gasteiger partial charge in [-0.05, 0) is 32.2 Å². The third-order valence-electron chi connectivity index (χ3n) is 3.30. The number of rotatable bonds is 11. The minimum Gasteiger partial charge on any atom is -0.396 e. The Morgan fingerprint density at radius 3 is 2.56 bits per heavy atom. The zero-order valence-corrected chi connectivity index (χ0v) is 12.2. The predicted molar refractivity (Wildman–Crippen MR) is 75.5 cm³/mol. The summed E-state index contributed by atoms with van der Waals surface area (Å²) in [6, 6.07) is -0.153. The van der Waals surface area contributed by atoms with Crippen LogP contribution in [-0.4, -0.2) is 36.8 Å². The van der Waals surface area contributed by atoms with E-state index < -0.39 is 0 Å². The van der Waals surface area contributed by atoms with Crippen LogP contribution in [0.4, 0.5) is 0 Å². The molecule has 0 saturated carbocycles. The number of carbonyl (C=O) groups excluding carboxylic acids is 1. The van der Waals surface area contributed by atoms with Crippen molar-refractivity contribution in [2.24, 2.45) is 5.92 Å². The number of carbonyl (C=O) groups is 1. The third-order valence-corrected chi connectivity index (χ3v) is 3.30. The Hall–Kier alpha value is -0.610. The summed E-state index contributed by atoms with van der Waals surface area (Å²) >= 11 is 0. The van der Waals surface area contributed by atoms with Gasteiger partial charge in [-0.1, -0.05) is 33.1 Å². The maximum absolute atomic E-state index is 11.7. The minimum atomic E-state index is -0.153. The lowest BCUT2D eigenvalue weighted by atomic mass is 10.0. The summed E-state index contributed by atoms with van der Waals surface area (Å²) in [6.07, 6.45) is 5.21. The molecule has 0 fully saturated rings. The van der Waals surface area contributed by atoms with Gasteiger partial charge in [0, 0.05) is 13.2 Å². The van der Waals surface area contributed by atoms with Crippen LogP contribution in [0, 0.1) is 5.92 Å². The highest BCUT2D eigenvalue weighted by molar-refractivity contribution is 5.81. The molecule has 0 aliphatic heterocycles. The Kier molecular flexibility index (Phi) is 11.1. The van der Waals surface area contributed by atoms with Crippen molar-refractivity contribution in [1.29, 1.82) is 0 Å². The average Bonchev–Trinajstić information content (AvgIpc) is 2.38. The second-order valence-electron chi connectivity index (χ2n) is 4.91. The fourth-order valence-electron chi connectivity index (χ4n) is 1.81. The number of unbranched alkanes of at least 4 members (excludes halogenated alkanes) is 2. The lowest BCUT2D eigenvalue weighted by Crippen LogP contribution is -2.44. The van der Waals surface area contributed by atoms with E-state index in [9.17, 15) is 4.79 Å². The molecule has 0 radical (unpaired) electrons. The summed E-state index contributed by atoms with van der Waals surface area (Å²) in [6.45, 7) is 7.93. The van der Waals surface area contributed by atoms with Gasteiger partial charge < -0.3 is 15.7 Å². The van der Waals surface area contributed by atoms with Crippen molar-refractivity contribution in [2.45, 2.75) is 58.9 Å². The summed E-state index contributed by atoms with van der Waals surface area (Å²) in [7, 11) is 0. The Morgan fingerprint density at radius 1 is 1.28 bits per heavy atom. The van der Waals surface area contributed by atoms with Crippen LogP contribution < -0.4 is 10.6 Å². The van der Waals surface area contributed by atoms with Gasteiger partial charge in [0.1, 0.15) is 0 Å². The largest absolute Gasteiger partial charge is 0.396 e. The molecule has 4 heteroatoms. The van der Waals surface area contributed by atoms with Crippen molar-refractivity contribution >= 4 is 5.91 Å². The van der Waals surface area contributed by atoms with Gasteiger partial charge in [0.2, 0.25) is 5.91 Å². The van der Waals surface area contributed by atoms with Crippen molar-refractivity contribution in [3.8, 4) is 0 Å². The molecule has 0 aromatic heterocycles.